The number of carbonyl (C=O) groups excluding carboxylic acids is 1. The smallest absolute Gasteiger partial charge is 0.252 e. The predicted molar refractivity (Wildman–Crippen MR) is 83.1 cm³/mol. The second-order valence-corrected chi connectivity index (χ2v) is 5.68. The third kappa shape index (κ3) is 2.40. The molecule has 1 aliphatic heterocycles. The van der Waals surface area contributed by atoms with E-state index in [1.165, 1.54) is 4.90 Å². The van der Waals surface area contributed by atoms with Crippen LogP contribution < -0.4 is 0 Å². The van der Waals surface area contributed by atoms with Crippen molar-refractivity contribution in [2.75, 3.05) is 7.05 Å². The molecule has 0 aliphatic carbocycles. The van der Waals surface area contributed by atoms with Gasteiger partial charge in [-0.1, -0.05) is 60.7 Å². The monoisotopic (exact) mass is 297 g/mol. The van der Waals surface area contributed by atoms with E-state index in [1.54, 1.807) is 7.05 Å². The lowest BCUT2D eigenvalue weighted by molar-refractivity contribution is -0.135. The molecule has 0 radical (unpaired) electrons. The van der Waals surface area contributed by atoms with Crippen molar-refractivity contribution in [2.45, 2.75) is 24.2 Å². The molecule has 0 saturated carbocycles. The number of aliphatic hydroxyl groups excluding tert-OH is 2. The molecule has 3 unspecified atom stereocenters. The van der Waals surface area contributed by atoms with Gasteiger partial charge in [0, 0.05) is 13.0 Å². The molecular formula is C18H19NO3. The Morgan fingerprint density at radius 3 is 2.14 bits per heavy atom. The second kappa shape index (κ2) is 5.91. The standard InChI is InChI=1S/C18H19NO3/c1-19-15(16(20)13-10-6-3-7-11-13)14(17(21)18(19)22)12-8-4-2-5-9-12/h2-11,14-17,20-21H,1H3/t14?,15?,16?,17-/m1/s1. The quantitative estimate of drug-likeness (QED) is 0.906. The Morgan fingerprint density at radius 1 is 1.00 bits per heavy atom. The Hall–Kier alpha value is -2.17. The summed E-state index contributed by atoms with van der Waals surface area (Å²) in [5.74, 6) is -0.803. The molecule has 1 aliphatic rings. The van der Waals surface area contributed by atoms with Crippen molar-refractivity contribution in [1.29, 1.82) is 0 Å². The van der Waals surface area contributed by atoms with E-state index in [0.717, 1.165) is 11.1 Å². The van der Waals surface area contributed by atoms with Gasteiger partial charge in [0.15, 0.2) is 0 Å². The average Bonchev–Trinajstić information content (AvgIpc) is 2.80. The average molecular weight is 297 g/mol. The first-order valence-electron chi connectivity index (χ1n) is 7.34. The third-order valence-electron chi connectivity index (χ3n) is 4.41. The number of hydrogen-bond acceptors (Lipinski definition) is 3. The Bertz CT molecular complexity index is 644. The highest BCUT2D eigenvalue weighted by atomic mass is 16.3. The van der Waals surface area contributed by atoms with Gasteiger partial charge >= 0.3 is 0 Å². The molecule has 1 amide bonds. The van der Waals surface area contributed by atoms with Crippen molar-refractivity contribution in [3.63, 3.8) is 0 Å². The van der Waals surface area contributed by atoms with Gasteiger partial charge in [-0.15, -0.1) is 0 Å². The summed E-state index contributed by atoms with van der Waals surface area (Å²) >= 11 is 0. The Morgan fingerprint density at radius 2 is 1.55 bits per heavy atom. The van der Waals surface area contributed by atoms with E-state index in [0.29, 0.717) is 0 Å². The summed E-state index contributed by atoms with van der Waals surface area (Å²) in [6.07, 6.45) is -1.98. The molecule has 0 bridgehead atoms. The zero-order valence-electron chi connectivity index (χ0n) is 12.3. The molecule has 1 fully saturated rings. The fourth-order valence-corrected chi connectivity index (χ4v) is 3.25. The van der Waals surface area contributed by atoms with Gasteiger partial charge in [-0.3, -0.25) is 4.79 Å². The SMILES string of the molecule is CN1C(=O)[C@H](O)C(c2ccccc2)C1C(O)c1ccccc1. The molecular weight excluding hydrogens is 278 g/mol. The van der Waals surface area contributed by atoms with Gasteiger partial charge < -0.3 is 15.1 Å². The largest absolute Gasteiger partial charge is 0.386 e. The van der Waals surface area contributed by atoms with Crippen molar-refractivity contribution in [3.8, 4) is 0 Å². The summed E-state index contributed by atoms with van der Waals surface area (Å²) in [6, 6.07) is 18.1. The van der Waals surface area contributed by atoms with Crippen LogP contribution in [0.15, 0.2) is 60.7 Å². The molecule has 114 valence electrons. The molecule has 3 rings (SSSR count). The van der Waals surface area contributed by atoms with E-state index in [9.17, 15) is 15.0 Å². The van der Waals surface area contributed by atoms with Crippen molar-refractivity contribution < 1.29 is 15.0 Å². The minimum atomic E-state index is -1.13. The number of amides is 1. The third-order valence-corrected chi connectivity index (χ3v) is 4.41. The van der Waals surface area contributed by atoms with Gasteiger partial charge in [0.2, 0.25) is 0 Å². The molecule has 2 aromatic rings. The fraction of sp³-hybridized carbons (Fsp3) is 0.278. The van der Waals surface area contributed by atoms with E-state index in [-0.39, 0.29) is 5.91 Å². The molecule has 4 nitrogen and oxygen atoms in total. The van der Waals surface area contributed by atoms with Crippen molar-refractivity contribution in [1.82, 2.24) is 4.90 Å². The predicted octanol–water partition coefficient (Wildman–Crippen LogP) is 1.71. The van der Waals surface area contributed by atoms with Crippen LogP contribution >= 0.6 is 0 Å². The lowest BCUT2D eigenvalue weighted by Crippen LogP contribution is -2.36. The van der Waals surface area contributed by atoms with Crippen LogP contribution in [0, 0.1) is 0 Å². The molecule has 4 atom stereocenters. The Balaban J connectivity index is 2.01. The summed E-state index contributed by atoms with van der Waals surface area (Å²) in [5, 5.41) is 21.1. The molecule has 1 saturated heterocycles. The van der Waals surface area contributed by atoms with Crippen molar-refractivity contribution in [2.24, 2.45) is 0 Å². The van der Waals surface area contributed by atoms with E-state index in [4.69, 9.17) is 0 Å². The number of likely N-dealkylation sites (tertiary alicyclic amines) is 1. The molecule has 22 heavy (non-hydrogen) atoms. The van der Waals surface area contributed by atoms with Gasteiger partial charge in [-0.25, -0.2) is 0 Å². The highest BCUT2D eigenvalue weighted by molar-refractivity contribution is 5.85. The topological polar surface area (TPSA) is 60.8 Å². The first-order chi connectivity index (χ1) is 10.6. The molecule has 0 spiro atoms. The van der Waals surface area contributed by atoms with Crippen LogP contribution in [0.3, 0.4) is 0 Å². The minimum absolute atomic E-state index is 0.353. The number of nitrogens with zero attached hydrogens (tertiary/aromatic N) is 1. The number of rotatable bonds is 3. The van der Waals surface area contributed by atoms with Crippen LogP contribution in [-0.2, 0) is 4.79 Å². The number of benzene rings is 2. The van der Waals surface area contributed by atoms with Crippen LogP contribution in [0.4, 0.5) is 0 Å². The molecule has 2 aromatic carbocycles. The van der Waals surface area contributed by atoms with E-state index >= 15 is 0 Å². The van der Waals surface area contributed by atoms with Crippen molar-refractivity contribution in [3.05, 3.63) is 71.8 Å². The van der Waals surface area contributed by atoms with Crippen LogP contribution in [0.5, 0.6) is 0 Å². The van der Waals surface area contributed by atoms with Crippen LogP contribution in [0.1, 0.15) is 23.1 Å². The highest BCUT2D eigenvalue weighted by Gasteiger charge is 2.49. The number of carbonyl (C=O) groups is 1. The van der Waals surface area contributed by atoms with Gasteiger partial charge in [0.05, 0.1) is 6.04 Å². The van der Waals surface area contributed by atoms with E-state index < -0.39 is 24.2 Å². The number of hydrogen-bond donors (Lipinski definition) is 2. The number of likely N-dealkylation sites (N-methyl/N-ethyl adjacent to an activating group) is 1. The zero-order chi connectivity index (χ0) is 15.7. The number of aliphatic hydroxyl groups is 2. The van der Waals surface area contributed by atoms with Gasteiger partial charge in [-0.05, 0) is 11.1 Å². The molecule has 0 aromatic heterocycles. The summed E-state index contributed by atoms with van der Waals surface area (Å²) < 4.78 is 0. The first-order valence-corrected chi connectivity index (χ1v) is 7.34. The lowest BCUT2D eigenvalue weighted by atomic mass is 9.85. The van der Waals surface area contributed by atoms with Gasteiger partial charge in [0.25, 0.3) is 5.91 Å². The van der Waals surface area contributed by atoms with E-state index in [1.807, 2.05) is 60.7 Å². The molecule has 1 heterocycles. The zero-order valence-corrected chi connectivity index (χ0v) is 12.3. The first kappa shape index (κ1) is 14.8. The summed E-state index contributed by atoms with van der Waals surface area (Å²) in [7, 11) is 1.63. The second-order valence-electron chi connectivity index (χ2n) is 5.68. The van der Waals surface area contributed by atoms with Gasteiger partial charge in [0.1, 0.15) is 12.2 Å². The van der Waals surface area contributed by atoms with Crippen LogP contribution in [-0.4, -0.2) is 40.2 Å². The summed E-state index contributed by atoms with van der Waals surface area (Å²) in [6.45, 7) is 0. The summed E-state index contributed by atoms with van der Waals surface area (Å²) in [5.41, 5.74) is 1.59. The maximum atomic E-state index is 12.2. The Kier molecular flexibility index (Phi) is 3.96. The van der Waals surface area contributed by atoms with Crippen LogP contribution in [0.2, 0.25) is 0 Å². The minimum Gasteiger partial charge on any atom is -0.386 e. The van der Waals surface area contributed by atoms with Crippen LogP contribution in [0.25, 0.3) is 0 Å². The van der Waals surface area contributed by atoms with Crippen molar-refractivity contribution >= 4 is 5.91 Å². The lowest BCUT2D eigenvalue weighted by Gasteiger charge is -2.30. The molecule has 2 N–H and O–H groups in total. The molecule has 4 heteroatoms. The van der Waals surface area contributed by atoms with Gasteiger partial charge in [-0.2, -0.15) is 0 Å². The highest BCUT2D eigenvalue weighted by Crippen LogP contribution is 2.40. The maximum Gasteiger partial charge on any atom is 0.252 e. The fourth-order valence-electron chi connectivity index (χ4n) is 3.25. The van der Waals surface area contributed by atoms with E-state index in [2.05, 4.69) is 0 Å². The summed E-state index contributed by atoms with van der Waals surface area (Å²) in [4.78, 5) is 13.7. The normalized spacial score (nSPS) is 26.2. The maximum absolute atomic E-state index is 12.2. The Labute approximate surface area is 129 Å².